The fourth-order valence-electron chi connectivity index (χ4n) is 1.59. The molecule has 4 N–H and O–H groups in total. The van der Waals surface area contributed by atoms with Crippen molar-refractivity contribution in [1.82, 2.24) is 5.32 Å². The molecule has 0 saturated heterocycles. The van der Waals surface area contributed by atoms with E-state index < -0.39 is 24.0 Å². The van der Waals surface area contributed by atoms with E-state index >= 15 is 0 Å². The predicted octanol–water partition coefficient (Wildman–Crippen LogP) is 0.275. The minimum absolute atomic E-state index is 0.0914. The summed E-state index contributed by atoms with van der Waals surface area (Å²) >= 11 is 0. The van der Waals surface area contributed by atoms with Crippen LogP contribution in [0.15, 0.2) is 24.3 Å². The number of aliphatic carboxylic acids is 1. The van der Waals surface area contributed by atoms with Crippen molar-refractivity contribution >= 4 is 11.9 Å². The third kappa shape index (κ3) is 5.39. The van der Waals surface area contributed by atoms with Gasteiger partial charge in [0.05, 0.1) is 12.5 Å². The molecule has 1 rings (SSSR count). The van der Waals surface area contributed by atoms with Crippen LogP contribution < -0.4 is 5.32 Å². The molecule has 0 aliphatic rings. The summed E-state index contributed by atoms with van der Waals surface area (Å²) in [7, 11) is 0. The topological polar surface area (TPSA) is 107 Å². The number of carboxylic acid groups (broad SMARTS) is 1. The summed E-state index contributed by atoms with van der Waals surface area (Å²) in [5.41, 5.74) is 0.683. The summed E-state index contributed by atoms with van der Waals surface area (Å²) < 4.78 is 0. The number of phenols is 1. The number of rotatable bonds is 6. The standard InChI is InChI=1S/C13H17NO5/c1-8(15)6-12(17)14-11(13(18)19)7-9-2-4-10(16)5-3-9/h2-5,8,11,15-16H,6-7H2,1H3,(H,14,17)(H,18,19). The van der Waals surface area contributed by atoms with Crippen LogP contribution in [0.5, 0.6) is 5.75 Å². The second-order valence-corrected chi connectivity index (χ2v) is 4.38. The van der Waals surface area contributed by atoms with Gasteiger partial charge in [-0.2, -0.15) is 0 Å². The molecule has 1 aromatic carbocycles. The molecule has 0 heterocycles. The van der Waals surface area contributed by atoms with Crippen LogP contribution in [-0.4, -0.2) is 39.3 Å². The van der Waals surface area contributed by atoms with Crippen LogP contribution in [0.4, 0.5) is 0 Å². The molecule has 0 radical (unpaired) electrons. The lowest BCUT2D eigenvalue weighted by Gasteiger charge is -2.15. The van der Waals surface area contributed by atoms with Gasteiger partial charge in [-0.05, 0) is 24.6 Å². The number of hydrogen-bond acceptors (Lipinski definition) is 4. The SMILES string of the molecule is CC(O)CC(=O)NC(Cc1ccc(O)cc1)C(=O)O. The van der Waals surface area contributed by atoms with E-state index in [-0.39, 0.29) is 18.6 Å². The van der Waals surface area contributed by atoms with E-state index in [4.69, 9.17) is 15.3 Å². The molecule has 19 heavy (non-hydrogen) atoms. The first kappa shape index (κ1) is 15.0. The van der Waals surface area contributed by atoms with E-state index in [1.165, 1.54) is 19.1 Å². The van der Waals surface area contributed by atoms with Crippen molar-refractivity contribution in [2.45, 2.75) is 31.9 Å². The molecule has 0 spiro atoms. The summed E-state index contributed by atoms with van der Waals surface area (Å²) in [5, 5.41) is 29.6. The number of phenolic OH excluding ortho intramolecular Hbond substituents is 1. The van der Waals surface area contributed by atoms with Crippen molar-refractivity contribution in [3.8, 4) is 5.75 Å². The molecule has 2 atom stereocenters. The zero-order valence-electron chi connectivity index (χ0n) is 10.5. The van der Waals surface area contributed by atoms with E-state index in [0.29, 0.717) is 5.56 Å². The average Bonchev–Trinajstić information content (AvgIpc) is 2.29. The highest BCUT2D eigenvalue weighted by Gasteiger charge is 2.20. The van der Waals surface area contributed by atoms with Crippen molar-refractivity contribution in [3.63, 3.8) is 0 Å². The number of amides is 1. The van der Waals surface area contributed by atoms with Crippen LogP contribution in [0.1, 0.15) is 18.9 Å². The summed E-state index contributed by atoms with van der Waals surface area (Å²) in [4.78, 5) is 22.5. The predicted molar refractivity (Wildman–Crippen MR) is 67.7 cm³/mol. The molecular weight excluding hydrogens is 250 g/mol. The monoisotopic (exact) mass is 267 g/mol. The Morgan fingerprint density at radius 3 is 2.32 bits per heavy atom. The van der Waals surface area contributed by atoms with Crippen LogP contribution in [0.3, 0.4) is 0 Å². The maximum atomic E-state index is 11.4. The van der Waals surface area contributed by atoms with Gasteiger partial charge in [0, 0.05) is 6.42 Å². The van der Waals surface area contributed by atoms with Crippen molar-refractivity contribution in [2.75, 3.05) is 0 Å². The summed E-state index contributed by atoms with van der Waals surface area (Å²) in [5.74, 6) is -1.57. The van der Waals surface area contributed by atoms with Crippen LogP contribution in [0.25, 0.3) is 0 Å². The number of aliphatic hydroxyl groups is 1. The Kier molecular flexibility index (Phi) is 5.32. The largest absolute Gasteiger partial charge is 0.508 e. The van der Waals surface area contributed by atoms with Gasteiger partial charge < -0.3 is 20.6 Å². The minimum atomic E-state index is -1.15. The number of benzene rings is 1. The number of carbonyl (C=O) groups excluding carboxylic acids is 1. The number of aromatic hydroxyl groups is 1. The normalized spacial score (nSPS) is 13.6. The molecular formula is C13H17NO5. The van der Waals surface area contributed by atoms with Gasteiger partial charge in [0.1, 0.15) is 11.8 Å². The zero-order valence-corrected chi connectivity index (χ0v) is 10.5. The highest BCUT2D eigenvalue weighted by molar-refractivity contribution is 5.83. The van der Waals surface area contributed by atoms with Crippen molar-refractivity contribution < 1.29 is 24.9 Å². The summed E-state index contributed by atoms with van der Waals surface area (Å²) in [6, 6.07) is 5.02. The Bertz CT molecular complexity index is 441. The molecule has 1 aromatic rings. The Morgan fingerprint density at radius 2 is 1.84 bits per heavy atom. The molecule has 1 amide bonds. The first-order chi connectivity index (χ1) is 8.88. The van der Waals surface area contributed by atoms with Crippen LogP contribution >= 0.6 is 0 Å². The first-order valence-electron chi connectivity index (χ1n) is 5.86. The lowest BCUT2D eigenvalue weighted by atomic mass is 10.1. The Labute approximate surface area is 110 Å². The number of hydrogen-bond donors (Lipinski definition) is 4. The fraction of sp³-hybridized carbons (Fsp3) is 0.385. The van der Waals surface area contributed by atoms with Crippen molar-refractivity contribution in [3.05, 3.63) is 29.8 Å². The van der Waals surface area contributed by atoms with Gasteiger partial charge in [-0.15, -0.1) is 0 Å². The van der Waals surface area contributed by atoms with Crippen molar-refractivity contribution in [2.24, 2.45) is 0 Å². The van der Waals surface area contributed by atoms with Crippen molar-refractivity contribution in [1.29, 1.82) is 0 Å². The van der Waals surface area contributed by atoms with Crippen LogP contribution in [0.2, 0.25) is 0 Å². The summed E-state index contributed by atoms with van der Waals surface area (Å²) in [6.45, 7) is 1.45. The fourth-order valence-corrected chi connectivity index (χ4v) is 1.59. The van der Waals surface area contributed by atoms with E-state index in [9.17, 15) is 9.59 Å². The molecule has 0 fully saturated rings. The van der Waals surface area contributed by atoms with E-state index in [1.807, 2.05) is 0 Å². The van der Waals surface area contributed by atoms with Gasteiger partial charge in [-0.1, -0.05) is 12.1 Å². The van der Waals surface area contributed by atoms with Crippen LogP contribution in [0, 0.1) is 0 Å². The molecule has 0 aromatic heterocycles. The number of aliphatic hydroxyl groups excluding tert-OH is 1. The van der Waals surface area contributed by atoms with E-state index in [0.717, 1.165) is 0 Å². The number of nitrogens with one attached hydrogen (secondary N) is 1. The number of carbonyl (C=O) groups is 2. The third-order valence-corrected chi connectivity index (χ3v) is 2.49. The molecule has 0 saturated carbocycles. The first-order valence-corrected chi connectivity index (χ1v) is 5.86. The zero-order chi connectivity index (χ0) is 14.4. The molecule has 0 bridgehead atoms. The second kappa shape index (κ2) is 6.75. The summed E-state index contributed by atoms with van der Waals surface area (Å²) in [6.07, 6.45) is -0.844. The highest BCUT2D eigenvalue weighted by atomic mass is 16.4. The van der Waals surface area contributed by atoms with Gasteiger partial charge in [0.15, 0.2) is 0 Å². The lowest BCUT2D eigenvalue weighted by molar-refractivity contribution is -0.142. The van der Waals surface area contributed by atoms with Gasteiger partial charge in [-0.3, -0.25) is 4.79 Å². The molecule has 0 aliphatic heterocycles. The van der Waals surface area contributed by atoms with Crippen LogP contribution in [-0.2, 0) is 16.0 Å². The lowest BCUT2D eigenvalue weighted by Crippen LogP contribution is -2.43. The quantitative estimate of drug-likeness (QED) is 0.592. The average molecular weight is 267 g/mol. The third-order valence-electron chi connectivity index (χ3n) is 2.49. The molecule has 2 unspecified atom stereocenters. The van der Waals surface area contributed by atoms with Gasteiger partial charge in [0.25, 0.3) is 0 Å². The smallest absolute Gasteiger partial charge is 0.326 e. The highest BCUT2D eigenvalue weighted by Crippen LogP contribution is 2.11. The Morgan fingerprint density at radius 1 is 1.26 bits per heavy atom. The van der Waals surface area contributed by atoms with E-state index in [1.54, 1.807) is 12.1 Å². The molecule has 6 nitrogen and oxygen atoms in total. The minimum Gasteiger partial charge on any atom is -0.508 e. The van der Waals surface area contributed by atoms with Gasteiger partial charge >= 0.3 is 5.97 Å². The maximum Gasteiger partial charge on any atom is 0.326 e. The second-order valence-electron chi connectivity index (χ2n) is 4.38. The van der Waals surface area contributed by atoms with Gasteiger partial charge in [-0.25, -0.2) is 4.79 Å². The van der Waals surface area contributed by atoms with Gasteiger partial charge in [0.2, 0.25) is 5.91 Å². The molecule has 104 valence electrons. The van der Waals surface area contributed by atoms with E-state index in [2.05, 4.69) is 5.32 Å². The Hall–Kier alpha value is -2.08. The number of carboxylic acids is 1. The Balaban J connectivity index is 2.65. The molecule has 0 aliphatic carbocycles. The molecule has 6 heteroatoms. The maximum absolute atomic E-state index is 11.4.